The van der Waals surface area contributed by atoms with Crippen LogP contribution in [0.5, 0.6) is 0 Å². The molecule has 0 heterocycles. The molecule has 0 aliphatic carbocycles. The zero-order chi connectivity index (χ0) is 26.1. The molecule has 0 aromatic heterocycles. The second-order valence-corrected chi connectivity index (χ2v) is 12.7. The predicted molar refractivity (Wildman–Crippen MR) is 149 cm³/mol. The van der Waals surface area contributed by atoms with Crippen molar-refractivity contribution in [3.8, 4) is 0 Å². The van der Waals surface area contributed by atoms with Crippen LogP contribution in [0.4, 0.5) is 13.2 Å². The van der Waals surface area contributed by atoms with E-state index in [-0.39, 0.29) is 5.30 Å². The Balaban J connectivity index is 1.78. The summed E-state index contributed by atoms with van der Waals surface area (Å²) < 4.78 is 57.2. The van der Waals surface area contributed by atoms with Crippen LogP contribution in [0.2, 0.25) is 0 Å². The molecule has 1 unspecified atom stereocenters. The minimum absolute atomic E-state index is 0.194. The van der Waals surface area contributed by atoms with E-state index in [0.29, 0.717) is 16.2 Å². The van der Waals surface area contributed by atoms with Crippen molar-refractivity contribution >= 4 is 55.4 Å². The molecule has 37 heavy (non-hydrogen) atoms. The largest absolute Gasteiger partial charge is 0.416 e. The predicted octanol–water partition coefficient (Wildman–Crippen LogP) is 8.17. The van der Waals surface area contributed by atoms with Crippen molar-refractivity contribution in [1.82, 2.24) is 0 Å². The molecule has 1 atom stereocenters. The number of halogens is 3. The molecule has 0 N–H and O–H groups in total. The Labute approximate surface area is 213 Å². The van der Waals surface area contributed by atoms with Crippen LogP contribution < -0.4 is 15.9 Å². The average molecular weight is 513 g/mol. The van der Waals surface area contributed by atoms with Crippen LogP contribution in [0.25, 0.3) is 32.3 Å². The maximum atomic E-state index is 15.5. The van der Waals surface area contributed by atoms with Crippen molar-refractivity contribution in [2.45, 2.75) is 26.9 Å². The van der Waals surface area contributed by atoms with Crippen molar-refractivity contribution in [2.75, 3.05) is 0 Å². The Bertz CT molecular complexity index is 1850. The van der Waals surface area contributed by atoms with Crippen LogP contribution in [0.3, 0.4) is 0 Å². The van der Waals surface area contributed by atoms with E-state index in [0.717, 1.165) is 55.6 Å². The van der Waals surface area contributed by atoms with E-state index in [1.807, 2.05) is 80.6 Å². The van der Waals surface area contributed by atoms with Crippen LogP contribution in [0.1, 0.15) is 22.3 Å². The number of hydrogen-bond donors (Lipinski definition) is 0. The highest BCUT2D eigenvalue weighted by Gasteiger charge is 2.37. The third-order valence-corrected chi connectivity index (χ3v) is 10.2. The number of benzene rings is 6. The highest BCUT2D eigenvalue weighted by atomic mass is 31.2. The molecule has 6 rings (SSSR count). The first-order chi connectivity index (χ1) is 17.6. The smallest absolute Gasteiger partial charge is 0.309 e. The summed E-state index contributed by atoms with van der Waals surface area (Å²) in [6.07, 6.45) is -4.54. The zero-order valence-electron chi connectivity index (χ0n) is 20.6. The van der Waals surface area contributed by atoms with Gasteiger partial charge in [-0.05, 0) is 95.1 Å². The number of alkyl halides is 3. The second kappa shape index (κ2) is 8.19. The topological polar surface area (TPSA) is 17.1 Å². The molecular formula is C32H24F3OP. The molecule has 0 aliphatic heterocycles. The molecule has 6 aromatic carbocycles. The summed E-state index contributed by atoms with van der Waals surface area (Å²) >= 11 is 0. The lowest BCUT2D eigenvalue weighted by Crippen LogP contribution is -2.27. The minimum Gasteiger partial charge on any atom is -0.309 e. The first-order valence-electron chi connectivity index (χ1n) is 12.1. The standard InChI is InChI=1S/C32H24F3OP/c1-19-13-20(2)16-26(15-19)37(36,27-17-21(3)14-25(18-27)32(33,34)35)29-12-10-24-8-7-22-5-4-6-23-9-11-28(29)31(24)30(22)23/h4-18H,1-3H3. The van der Waals surface area contributed by atoms with Crippen LogP contribution >= 0.6 is 7.14 Å². The molecule has 1 nitrogen and oxygen atoms in total. The first-order valence-corrected chi connectivity index (χ1v) is 13.8. The molecular weight excluding hydrogens is 488 g/mol. The lowest BCUT2D eigenvalue weighted by Gasteiger charge is -2.25. The van der Waals surface area contributed by atoms with Gasteiger partial charge in [-0.2, -0.15) is 13.2 Å². The summed E-state index contributed by atoms with van der Waals surface area (Å²) in [6, 6.07) is 27.5. The van der Waals surface area contributed by atoms with Crippen molar-refractivity contribution < 1.29 is 17.7 Å². The minimum atomic E-state index is -4.54. The molecule has 0 saturated carbocycles. The number of aryl methyl sites for hydroxylation is 3. The Morgan fingerprint density at radius 3 is 1.73 bits per heavy atom. The third-order valence-electron chi connectivity index (χ3n) is 7.17. The summed E-state index contributed by atoms with van der Waals surface area (Å²) in [5.74, 6) is 0. The van der Waals surface area contributed by atoms with Crippen LogP contribution in [0, 0.1) is 20.8 Å². The van der Waals surface area contributed by atoms with Gasteiger partial charge in [-0.15, -0.1) is 0 Å². The molecule has 184 valence electrons. The maximum Gasteiger partial charge on any atom is 0.416 e. The van der Waals surface area contributed by atoms with E-state index < -0.39 is 18.9 Å². The lowest BCUT2D eigenvalue weighted by atomic mass is 9.94. The molecule has 0 aliphatic rings. The normalized spacial score (nSPS) is 14.0. The zero-order valence-corrected chi connectivity index (χ0v) is 21.5. The van der Waals surface area contributed by atoms with Gasteiger partial charge in [-0.3, -0.25) is 0 Å². The number of rotatable bonds is 3. The molecule has 0 bridgehead atoms. The van der Waals surface area contributed by atoms with Gasteiger partial charge in [0.25, 0.3) is 0 Å². The maximum absolute atomic E-state index is 15.5. The summed E-state index contributed by atoms with van der Waals surface area (Å²) in [7, 11) is -3.71. The van der Waals surface area contributed by atoms with Gasteiger partial charge in [-0.1, -0.05) is 65.7 Å². The van der Waals surface area contributed by atoms with E-state index in [1.54, 1.807) is 13.0 Å². The molecule has 0 saturated heterocycles. The Hall–Kier alpha value is -3.62. The summed E-state index contributed by atoms with van der Waals surface area (Å²) in [4.78, 5) is 0. The van der Waals surface area contributed by atoms with E-state index in [9.17, 15) is 13.2 Å². The van der Waals surface area contributed by atoms with Crippen molar-refractivity contribution in [2.24, 2.45) is 0 Å². The molecule has 0 radical (unpaired) electrons. The average Bonchev–Trinajstić information content (AvgIpc) is 2.85. The van der Waals surface area contributed by atoms with Gasteiger partial charge in [0.15, 0.2) is 7.14 Å². The van der Waals surface area contributed by atoms with Crippen molar-refractivity contribution in [3.05, 3.63) is 113 Å². The van der Waals surface area contributed by atoms with E-state index >= 15 is 4.57 Å². The van der Waals surface area contributed by atoms with Gasteiger partial charge < -0.3 is 4.57 Å². The van der Waals surface area contributed by atoms with E-state index in [4.69, 9.17) is 0 Å². The van der Waals surface area contributed by atoms with E-state index in [1.165, 1.54) is 0 Å². The monoisotopic (exact) mass is 512 g/mol. The van der Waals surface area contributed by atoms with Gasteiger partial charge in [-0.25, -0.2) is 0 Å². The Morgan fingerprint density at radius 2 is 1.11 bits per heavy atom. The summed E-state index contributed by atoms with van der Waals surface area (Å²) in [6.45, 7) is 5.46. The fourth-order valence-electron chi connectivity index (χ4n) is 5.66. The molecule has 5 heteroatoms. The Kier molecular flexibility index (Phi) is 5.26. The fraction of sp³-hybridized carbons (Fsp3) is 0.125. The van der Waals surface area contributed by atoms with Crippen molar-refractivity contribution in [1.29, 1.82) is 0 Å². The summed E-state index contributed by atoms with van der Waals surface area (Å²) in [5, 5.41) is 7.32. The second-order valence-electron chi connectivity index (χ2n) is 9.95. The van der Waals surface area contributed by atoms with Gasteiger partial charge in [0.2, 0.25) is 0 Å². The van der Waals surface area contributed by atoms with Crippen LogP contribution in [-0.2, 0) is 10.7 Å². The molecule has 0 fully saturated rings. The van der Waals surface area contributed by atoms with Crippen LogP contribution in [-0.4, -0.2) is 0 Å². The summed E-state index contributed by atoms with van der Waals surface area (Å²) in [5.41, 5.74) is 1.46. The fourth-order valence-corrected chi connectivity index (χ4v) is 8.80. The van der Waals surface area contributed by atoms with Crippen molar-refractivity contribution in [3.63, 3.8) is 0 Å². The van der Waals surface area contributed by atoms with Crippen LogP contribution in [0.15, 0.2) is 91.0 Å². The third kappa shape index (κ3) is 3.74. The first kappa shape index (κ1) is 23.8. The molecule has 6 aromatic rings. The van der Waals surface area contributed by atoms with E-state index in [2.05, 4.69) is 6.07 Å². The Morgan fingerprint density at radius 1 is 0.595 bits per heavy atom. The van der Waals surface area contributed by atoms with Gasteiger partial charge in [0.05, 0.1) is 5.56 Å². The van der Waals surface area contributed by atoms with Gasteiger partial charge in [0.1, 0.15) is 0 Å². The molecule has 0 amide bonds. The van der Waals surface area contributed by atoms with Gasteiger partial charge in [0, 0.05) is 15.9 Å². The van der Waals surface area contributed by atoms with Gasteiger partial charge >= 0.3 is 6.18 Å². The quantitative estimate of drug-likeness (QED) is 0.173. The molecule has 0 spiro atoms. The highest BCUT2D eigenvalue weighted by Crippen LogP contribution is 2.47. The highest BCUT2D eigenvalue weighted by molar-refractivity contribution is 7.85. The lowest BCUT2D eigenvalue weighted by molar-refractivity contribution is -0.137. The number of hydrogen-bond acceptors (Lipinski definition) is 1. The SMILES string of the molecule is Cc1cc(C)cc(P(=O)(c2cc(C)cc(C(F)(F)F)c2)c2ccc3ccc4cccc5ccc2c3c45)c1.